The van der Waals surface area contributed by atoms with E-state index in [9.17, 15) is 0 Å². The predicted octanol–water partition coefficient (Wildman–Crippen LogP) is 3.40. The van der Waals surface area contributed by atoms with E-state index in [-0.39, 0.29) is 0 Å². The normalized spacial score (nSPS) is 17.3. The van der Waals surface area contributed by atoms with Crippen molar-refractivity contribution in [2.24, 2.45) is 0 Å². The lowest BCUT2D eigenvalue weighted by molar-refractivity contribution is 0.174. The van der Waals surface area contributed by atoms with Gasteiger partial charge in [0.05, 0.1) is 12.5 Å². The van der Waals surface area contributed by atoms with E-state index in [1.807, 2.05) is 0 Å². The Labute approximate surface area is 102 Å². The second kappa shape index (κ2) is 5.47. The van der Waals surface area contributed by atoms with Crippen LogP contribution in [-0.4, -0.2) is 17.0 Å². The summed E-state index contributed by atoms with van der Waals surface area (Å²) in [6.07, 6.45) is 4.36. The van der Waals surface area contributed by atoms with Gasteiger partial charge in [-0.05, 0) is 41.7 Å². The van der Waals surface area contributed by atoms with Crippen LogP contribution in [0, 0.1) is 11.3 Å². The highest BCUT2D eigenvalue weighted by molar-refractivity contribution is 7.07. The van der Waals surface area contributed by atoms with Gasteiger partial charge >= 0.3 is 0 Å². The average Bonchev–Trinajstić information content (AvgIpc) is 3.01. The molecule has 0 aliphatic heterocycles. The van der Waals surface area contributed by atoms with E-state index in [1.165, 1.54) is 18.4 Å². The molecule has 0 N–H and O–H groups in total. The Morgan fingerprint density at radius 1 is 1.62 bits per heavy atom. The van der Waals surface area contributed by atoms with Gasteiger partial charge in [0.2, 0.25) is 0 Å². The topological polar surface area (TPSA) is 27.0 Å². The summed E-state index contributed by atoms with van der Waals surface area (Å²) in [5.74, 6) is 0. The van der Waals surface area contributed by atoms with Gasteiger partial charge < -0.3 is 0 Å². The van der Waals surface area contributed by atoms with Crippen LogP contribution in [0.4, 0.5) is 0 Å². The van der Waals surface area contributed by atoms with Crippen LogP contribution in [0.3, 0.4) is 0 Å². The molecule has 1 aliphatic rings. The molecule has 0 bridgehead atoms. The van der Waals surface area contributed by atoms with Crippen molar-refractivity contribution in [1.82, 2.24) is 4.90 Å². The van der Waals surface area contributed by atoms with Crippen molar-refractivity contribution in [3.8, 4) is 6.07 Å². The number of thiophene rings is 1. The van der Waals surface area contributed by atoms with E-state index in [2.05, 4.69) is 34.7 Å². The zero-order chi connectivity index (χ0) is 11.4. The Balaban J connectivity index is 2.01. The minimum atomic E-state index is 0.442. The maximum Gasteiger partial charge on any atom is 0.0638 e. The molecule has 16 heavy (non-hydrogen) atoms. The minimum Gasteiger partial charge on any atom is -0.292 e. The summed E-state index contributed by atoms with van der Waals surface area (Å²) in [4.78, 5) is 2.53. The van der Waals surface area contributed by atoms with Crippen molar-refractivity contribution >= 4 is 11.3 Å². The SMILES string of the molecule is CCC(CC#N)N(Cc1ccsc1)C1CC1. The molecular formula is C13H18N2S. The fraction of sp³-hybridized carbons (Fsp3) is 0.615. The molecule has 0 amide bonds. The summed E-state index contributed by atoms with van der Waals surface area (Å²) in [6.45, 7) is 3.21. The molecule has 1 aromatic rings. The first-order chi connectivity index (χ1) is 7.85. The lowest BCUT2D eigenvalue weighted by Crippen LogP contribution is -2.35. The van der Waals surface area contributed by atoms with Crippen LogP contribution in [0.5, 0.6) is 0 Å². The van der Waals surface area contributed by atoms with Crippen LogP contribution < -0.4 is 0 Å². The summed E-state index contributed by atoms with van der Waals surface area (Å²) in [5, 5.41) is 13.2. The summed E-state index contributed by atoms with van der Waals surface area (Å²) in [7, 11) is 0. The number of hydrogen-bond donors (Lipinski definition) is 0. The molecule has 3 heteroatoms. The summed E-state index contributed by atoms with van der Waals surface area (Å²) in [6, 6.07) is 5.69. The highest BCUT2D eigenvalue weighted by atomic mass is 32.1. The highest BCUT2D eigenvalue weighted by Gasteiger charge is 2.33. The molecule has 1 heterocycles. The average molecular weight is 234 g/mol. The van der Waals surface area contributed by atoms with Crippen LogP contribution in [0.1, 0.15) is 38.2 Å². The number of nitrogens with zero attached hydrogens (tertiary/aromatic N) is 2. The number of rotatable bonds is 6. The van der Waals surface area contributed by atoms with Gasteiger partial charge in [0.1, 0.15) is 0 Å². The second-order valence-corrected chi connectivity index (χ2v) is 5.24. The van der Waals surface area contributed by atoms with Crippen molar-refractivity contribution in [2.75, 3.05) is 0 Å². The Morgan fingerprint density at radius 3 is 2.94 bits per heavy atom. The van der Waals surface area contributed by atoms with Gasteiger partial charge in [0.15, 0.2) is 0 Å². The molecule has 0 aromatic carbocycles. The van der Waals surface area contributed by atoms with Crippen molar-refractivity contribution in [2.45, 2.75) is 51.2 Å². The molecule has 2 rings (SSSR count). The van der Waals surface area contributed by atoms with E-state index in [0.29, 0.717) is 12.5 Å². The van der Waals surface area contributed by atoms with Gasteiger partial charge in [-0.3, -0.25) is 4.90 Å². The van der Waals surface area contributed by atoms with Crippen molar-refractivity contribution in [1.29, 1.82) is 5.26 Å². The standard InChI is InChI=1S/C13H18N2S/c1-2-12(5-7-14)15(13-3-4-13)9-11-6-8-16-10-11/h6,8,10,12-13H,2-5,9H2,1H3. The van der Waals surface area contributed by atoms with Crippen molar-refractivity contribution < 1.29 is 0 Å². The predicted molar refractivity (Wildman–Crippen MR) is 67.2 cm³/mol. The lowest BCUT2D eigenvalue weighted by atomic mass is 10.1. The first-order valence-electron chi connectivity index (χ1n) is 5.99. The number of hydrogen-bond acceptors (Lipinski definition) is 3. The van der Waals surface area contributed by atoms with Crippen molar-refractivity contribution in [3.05, 3.63) is 22.4 Å². The summed E-state index contributed by atoms with van der Waals surface area (Å²) in [5.41, 5.74) is 1.40. The summed E-state index contributed by atoms with van der Waals surface area (Å²) < 4.78 is 0. The Morgan fingerprint density at radius 2 is 2.44 bits per heavy atom. The quantitative estimate of drug-likeness (QED) is 0.754. The fourth-order valence-corrected chi connectivity index (χ4v) is 2.82. The van der Waals surface area contributed by atoms with E-state index in [4.69, 9.17) is 5.26 Å². The third-order valence-corrected chi connectivity index (χ3v) is 3.96. The zero-order valence-electron chi connectivity index (χ0n) is 9.72. The second-order valence-electron chi connectivity index (χ2n) is 4.46. The molecule has 1 fully saturated rings. The van der Waals surface area contributed by atoms with Gasteiger partial charge in [0.25, 0.3) is 0 Å². The van der Waals surface area contributed by atoms with E-state index >= 15 is 0 Å². The van der Waals surface area contributed by atoms with Gasteiger partial charge in [-0.2, -0.15) is 16.6 Å². The van der Waals surface area contributed by atoms with Gasteiger partial charge in [-0.1, -0.05) is 6.92 Å². The lowest BCUT2D eigenvalue weighted by Gasteiger charge is -2.29. The van der Waals surface area contributed by atoms with Crippen LogP contribution in [0.2, 0.25) is 0 Å². The molecular weight excluding hydrogens is 216 g/mol. The minimum absolute atomic E-state index is 0.442. The largest absolute Gasteiger partial charge is 0.292 e. The first kappa shape index (κ1) is 11.6. The zero-order valence-corrected chi connectivity index (χ0v) is 10.5. The molecule has 1 atom stereocenters. The molecule has 0 radical (unpaired) electrons. The molecule has 0 spiro atoms. The highest BCUT2D eigenvalue weighted by Crippen LogP contribution is 2.32. The van der Waals surface area contributed by atoms with E-state index in [1.54, 1.807) is 11.3 Å². The molecule has 2 nitrogen and oxygen atoms in total. The molecule has 1 aromatic heterocycles. The maximum absolute atomic E-state index is 8.87. The first-order valence-corrected chi connectivity index (χ1v) is 6.93. The van der Waals surface area contributed by atoms with Gasteiger partial charge in [0, 0.05) is 18.6 Å². The monoisotopic (exact) mass is 234 g/mol. The van der Waals surface area contributed by atoms with Crippen molar-refractivity contribution in [3.63, 3.8) is 0 Å². The Kier molecular flexibility index (Phi) is 3.98. The fourth-order valence-electron chi connectivity index (χ4n) is 2.16. The van der Waals surface area contributed by atoms with Crippen LogP contribution in [0.15, 0.2) is 16.8 Å². The molecule has 1 saturated carbocycles. The third-order valence-electron chi connectivity index (χ3n) is 3.23. The van der Waals surface area contributed by atoms with E-state index in [0.717, 1.165) is 19.0 Å². The van der Waals surface area contributed by atoms with Gasteiger partial charge in [-0.25, -0.2) is 0 Å². The number of nitriles is 1. The van der Waals surface area contributed by atoms with Gasteiger partial charge in [-0.15, -0.1) is 0 Å². The Hall–Kier alpha value is -0.850. The molecule has 1 unspecified atom stereocenters. The molecule has 1 aliphatic carbocycles. The van der Waals surface area contributed by atoms with Crippen LogP contribution >= 0.6 is 11.3 Å². The van der Waals surface area contributed by atoms with Crippen LogP contribution in [0.25, 0.3) is 0 Å². The molecule has 0 saturated heterocycles. The maximum atomic E-state index is 8.87. The third kappa shape index (κ3) is 2.84. The Bertz CT molecular complexity index is 349. The smallest absolute Gasteiger partial charge is 0.0638 e. The summed E-state index contributed by atoms with van der Waals surface area (Å²) >= 11 is 1.75. The molecule has 86 valence electrons. The van der Waals surface area contributed by atoms with Crippen LogP contribution in [-0.2, 0) is 6.54 Å². The van der Waals surface area contributed by atoms with E-state index < -0.39 is 0 Å².